The van der Waals surface area contributed by atoms with E-state index in [4.69, 9.17) is 0 Å². The van der Waals surface area contributed by atoms with E-state index >= 15 is 0 Å². The van der Waals surface area contributed by atoms with Gasteiger partial charge in [-0.05, 0) is 37.0 Å². The number of nitrogens with zero attached hydrogens (tertiary/aromatic N) is 1. The van der Waals surface area contributed by atoms with Gasteiger partial charge in [0.2, 0.25) is 11.8 Å². The van der Waals surface area contributed by atoms with E-state index in [0.29, 0.717) is 5.92 Å². The summed E-state index contributed by atoms with van der Waals surface area (Å²) in [6, 6.07) is 7.38. The Bertz CT molecular complexity index is 516. The van der Waals surface area contributed by atoms with Crippen molar-refractivity contribution in [2.45, 2.75) is 26.7 Å². The van der Waals surface area contributed by atoms with Crippen LogP contribution >= 0.6 is 0 Å². The molecule has 1 heterocycles. The lowest BCUT2D eigenvalue weighted by atomic mass is 10.0. The summed E-state index contributed by atoms with van der Waals surface area (Å²) >= 11 is 0. The molecule has 0 aromatic heterocycles. The number of carbonyl (C=O) groups is 2. The Morgan fingerprint density at radius 2 is 2.10 bits per heavy atom. The quantitative estimate of drug-likeness (QED) is 0.894. The van der Waals surface area contributed by atoms with E-state index in [9.17, 15) is 9.59 Å². The van der Waals surface area contributed by atoms with Crippen molar-refractivity contribution in [2.75, 3.05) is 30.3 Å². The third kappa shape index (κ3) is 4.77. The second kappa shape index (κ2) is 7.11. The number of hydrogen-bond donors (Lipinski definition) is 2. The highest BCUT2D eigenvalue weighted by molar-refractivity contribution is 5.89. The van der Waals surface area contributed by atoms with Crippen molar-refractivity contribution in [3.05, 3.63) is 24.3 Å². The van der Waals surface area contributed by atoms with E-state index in [1.54, 1.807) is 0 Å². The van der Waals surface area contributed by atoms with Crippen LogP contribution in [0.15, 0.2) is 24.3 Å². The van der Waals surface area contributed by atoms with E-state index in [1.165, 1.54) is 13.3 Å². The summed E-state index contributed by atoms with van der Waals surface area (Å²) in [5, 5.41) is 5.86. The topological polar surface area (TPSA) is 61.4 Å². The lowest BCUT2D eigenvalue weighted by Crippen LogP contribution is -2.41. The van der Waals surface area contributed by atoms with Crippen LogP contribution in [0.4, 0.5) is 11.4 Å². The smallest absolute Gasteiger partial charge is 0.241 e. The van der Waals surface area contributed by atoms with Gasteiger partial charge in [0, 0.05) is 31.4 Å². The zero-order valence-electron chi connectivity index (χ0n) is 12.7. The maximum absolute atomic E-state index is 12.2. The summed E-state index contributed by atoms with van der Waals surface area (Å²) in [6.45, 7) is 5.66. The minimum atomic E-state index is -0.106. The van der Waals surface area contributed by atoms with Gasteiger partial charge in [-0.25, -0.2) is 0 Å². The first-order chi connectivity index (χ1) is 10.0. The van der Waals surface area contributed by atoms with Crippen molar-refractivity contribution in [1.82, 2.24) is 4.90 Å². The van der Waals surface area contributed by atoms with Gasteiger partial charge in [0.1, 0.15) is 0 Å². The molecule has 114 valence electrons. The molecule has 0 bridgehead atoms. The van der Waals surface area contributed by atoms with E-state index in [-0.39, 0.29) is 18.4 Å². The number of carbonyl (C=O) groups excluding carboxylic acids is 2. The molecule has 2 amide bonds. The number of nitrogens with one attached hydrogen (secondary N) is 2. The van der Waals surface area contributed by atoms with Gasteiger partial charge < -0.3 is 15.5 Å². The second-order valence-electron chi connectivity index (χ2n) is 5.70. The number of benzene rings is 1. The van der Waals surface area contributed by atoms with Crippen molar-refractivity contribution >= 4 is 23.2 Å². The van der Waals surface area contributed by atoms with Gasteiger partial charge in [-0.1, -0.05) is 13.0 Å². The van der Waals surface area contributed by atoms with Crippen LogP contribution in [-0.4, -0.2) is 36.3 Å². The van der Waals surface area contributed by atoms with Crippen LogP contribution in [0.5, 0.6) is 0 Å². The summed E-state index contributed by atoms with van der Waals surface area (Å²) in [7, 11) is 0. The molecule has 0 saturated carbocycles. The van der Waals surface area contributed by atoms with E-state index in [1.807, 2.05) is 29.2 Å². The van der Waals surface area contributed by atoms with Crippen LogP contribution in [0.25, 0.3) is 0 Å². The first-order valence-electron chi connectivity index (χ1n) is 7.44. The Hall–Kier alpha value is -2.04. The molecule has 1 saturated heterocycles. The van der Waals surface area contributed by atoms with Gasteiger partial charge >= 0.3 is 0 Å². The predicted molar refractivity (Wildman–Crippen MR) is 84.2 cm³/mol. The molecule has 1 fully saturated rings. The summed E-state index contributed by atoms with van der Waals surface area (Å²) in [5.74, 6) is 0.614. The minimum absolute atomic E-state index is 0.106. The Morgan fingerprint density at radius 3 is 2.81 bits per heavy atom. The molecule has 1 aromatic rings. The van der Waals surface area contributed by atoms with Crippen molar-refractivity contribution in [3.8, 4) is 0 Å². The molecule has 1 aromatic carbocycles. The largest absolute Gasteiger partial charge is 0.376 e. The predicted octanol–water partition coefficient (Wildman–Crippen LogP) is 2.32. The third-order valence-corrected chi connectivity index (χ3v) is 3.64. The van der Waals surface area contributed by atoms with Crippen LogP contribution in [0.3, 0.4) is 0 Å². The van der Waals surface area contributed by atoms with Gasteiger partial charge in [-0.2, -0.15) is 0 Å². The Balaban J connectivity index is 1.87. The fourth-order valence-corrected chi connectivity index (χ4v) is 2.62. The third-order valence-electron chi connectivity index (χ3n) is 3.64. The molecule has 1 aliphatic rings. The molecule has 0 radical (unpaired) electrons. The highest BCUT2D eigenvalue weighted by Gasteiger charge is 2.20. The molecule has 1 aliphatic heterocycles. The number of likely N-dealkylation sites (tertiary alicyclic amines) is 1. The minimum Gasteiger partial charge on any atom is -0.376 e. The standard InChI is InChI=1S/C16H23N3O2/c1-12-5-4-8-19(11-12)16(21)10-17-14-6-3-7-15(9-14)18-13(2)20/h3,6-7,9,12,17H,4-5,8,10-11H2,1-2H3,(H,18,20). The number of hydrogen-bond acceptors (Lipinski definition) is 3. The van der Waals surface area contributed by atoms with Crippen molar-refractivity contribution in [3.63, 3.8) is 0 Å². The van der Waals surface area contributed by atoms with Gasteiger partial charge in [-0.15, -0.1) is 0 Å². The van der Waals surface area contributed by atoms with Gasteiger partial charge in [0.15, 0.2) is 0 Å². The Morgan fingerprint density at radius 1 is 1.33 bits per heavy atom. The molecule has 5 heteroatoms. The van der Waals surface area contributed by atoms with Crippen molar-refractivity contribution < 1.29 is 9.59 Å². The molecule has 1 unspecified atom stereocenters. The van der Waals surface area contributed by atoms with Crippen LogP contribution in [0.2, 0.25) is 0 Å². The highest BCUT2D eigenvalue weighted by atomic mass is 16.2. The van der Waals surface area contributed by atoms with Gasteiger partial charge in [-0.3, -0.25) is 9.59 Å². The number of rotatable bonds is 4. The summed E-state index contributed by atoms with van der Waals surface area (Å²) in [6.07, 6.45) is 2.29. The zero-order valence-corrected chi connectivity index (χ0v) is 12.7. The zero-order chi connectivity index (χ0) is 15.2. The molecule has 0 aliphatic carbocycles. The van der Waals surface area contributed by atoms with Crippen LogP contribution in [0, 0.1) is 5.92 Å². The van der Waals surface area contributed by atoms with E-state index in [0.717, 1.165) is 30.9 Å². The molecule has 5 nitrogen and oxygen atoms in total. The van der Waals surface area contributed by atoms with Crippen molar-refractivity contribution in [2.24, 2.45) is 5.92 Å². The average molecular weight is 289 g/mol. The molecule has 2 rings (SSSR count). The molecule has 1 atom stereocenters. The first kappa shape index (κ1) is 15.4. The average Bonchev–Trinajstić information content (AvgIpc) is 2.44. The summed E-state index contributed by atoms with van der Waals surface area (Å²) in [5.41, 5.74) is 1.56. The molecular formula is C16H23N3O2. The lowest BCUT2D eigenvalue weighted by Gasteiger charge is -2.31. The second-order valence-corrected chi connectivity index (χ2v) is 5.70. The SMILES string of the molecule is CC(=O)Nc1cccc(NCC(=O)N2CCCC(C)C2)c1. The van der Waals surface area contributed by atoms with Crippen LogP contribution in [0.1, 0.15) is 26.7 Å². The Kier molecular flexibility index (Phi) is 5.20. The lowest BCUT2D eigenvalue weighted by molar-refractivity contribution is -0.131. The maximum atomic E-state index is 12.2. The maximum Gasteiger partial charge on any atom is 0.241 e. The number of anilines is 2. The first-order valence-corrected chi connectivity index (χ1v) is 7.44. The van der Waals surface area contributed by atoms with Crippen LogP contribution < -0.4 is 10.6 Å². The summed E-state index contributed by atoms with van der Waals surface area (Å²) in [4.78, 5) is 25.1. The summed E-state index contributed by atoms with van der Waals surface area (Å²) < 4.78 is 0. The monoisotopic (exact) mass is 289 g/mol. The fraction of sp³-hybridized carbons (Fsp3) is 0.500. The highest BCUT2D eigenvalue weighted by Crippen LogP contribution is 2.17. The van der Waals surface area contributed by atoms with Crippen LogP contribution in [-0.2, 0) is 9.59 Å². The molecule has 21 heavy (non-hydrogen) atoms. The number of amides is 2. The van der Waals surface area contributed by atoms with E-state index in [2.05, 4.69) is 17.6 Å². The Labute approximate surface area is 125 Å². The normalized spacial score (nSPS) is 18.2. The number of piperidine rings is 1. The van der Waals surface area contributed by atoms with Gasteiger partial charge in [0.05, 0.1) is 6.54 Å². The molecular weight excluding hydrogens is 266 g/mol. The van der Waals surface area contributed by atoms with Gasteiger partial charge in [0.25, 0.3) is 0 Å². The van der Waals surface area contributed by atoms with E-state index < -0.39 is 0 Å². The molecule has 0 spiro atoms. The van der Waals surface area contributed by atoms with Crippen molar-refractivity contribution in [1.29, 1.82) is 0 Å². The molecule has 2 N–H and O–H groups in total. The fourth-order valence-electron chi connectivity index (χ4n) is 2.62.